The van der Waals surface area contributed by atoms with E-state index in [1.807, 2.05) is 30.3 Å². The van der Waals surface area contributed by atoms with Gasteiger partial charge < -0.3 is 11.1 Å². The second-order valence-electron chi connectivity index (χ2n) is 4.70. The van der Waals surface area contributed by atoms with E-state index in [-0.39, 0.29) is 12.3 Å². The molecule has 5 heteroatoms. The van der Waals surface area contributed by atoms with Gasteiger partial charge in [0.25, 0.3) is 0 Å². The van der Waals surface area contributed by atoms with E-state index in [9.17, 15) is 9.00 Å². The summed E-state index contributed by atoms with van der Waals surface area (Å²) < 4.78 is 11.9. The zero-order valence-corrected chi connectivity index (χ0v) is 12.4. The maximum atomic E-state index is 11.9. The molecule has 2 rings (SSSR count). The van der Waals surface area contributed by atoms with Crippen LogP contribution in [0.25, 0.3) is 0 Å². The Bertz CT molecular complexity index is 629. The lowest BCUT2D eigenvalue weighted by atomic mass is 10.2. The van der Waals surface area contributed by atoms with Gasteiger partial charge in [-0.2, -0.15) is 0 Å². The first-order chi connectivity index (χ1) is 10.1. The molecule has 110 valence electrons. The number of nitrogens with one attached hydrogen (secondary N) is 1. The van der Waals surface area contributed by atoms with Crippen LogP contribution in [0.5, 0.6) is 0 Å². The van der Waals surface area contributed by atoms with E-state index < -0.39 is 10.8 Å². The highest BCUT2D eigenvalue weighted by molar-refractivity contribution is 7.84. The molecule has 1 atom stereocenters. The van der Waals surface area contributed by atoms with E-state index in [1.54, 1.807) is 24.3 Å². The third kappa shape index (κ3) is 5.39. The molecule has 0 aliphatic rings. The van der Waals surface area contributed by atoms with E-state index in [4.69, 9.17) is 5.73 Å². The van der Waals surface area contributed by atoms with Crippen molar-refractivity contribution >= 4 is 28.1 Å². The Hall–Kier alpha value is -2.14. The number of amides is 1. The van der Waals surface area contributed by atoms with Crippen LogP contribution >= 0.6 is 0 Å². The number of hydrogen-bond acceptors (Lipinski definition) is 3. The van der Waals surface area contributed by atoms with Gasteiger partial charge in [0.05, 0.1) is 0 Å². The minimum absolute atomic E-state index is 0.151. The van der Waals surface area contributed by atoms with Gasteiger partial charge in [-0.15, -0.1) is 0 Å². The van der Waals surface area contributed by atoms with Gasteiger partial charge in [-0.05, 0) is 23.8 Å². The number of carbonyl (C=O) groups excluding carboxylic acids is 1. The van der Waals surface area contributed by atoms with Crippen LogP contribution in [0, 0.1) is 0 Å². The average Bonchev–Trinajstić information content (AvgIpc) is 2.46. The van der Waals surface area contributed by atoms with Crippen molar-refractivity contribution in [2.24, 2.45) is 0 Å². The molecule has 0 saturated heterocycles. The molecule has 0 saturated carbocycles. The fourth-order valence-electron chi connectivity index (χ4n) is 1.88. The summed E-state index contributed by atoms with van der Waals surface area (Å²) in [7, 11) is -1.04. The van der Waals surface area contributed by atoms with E-state index in [2.05, 4.69) is 5.32 Å². The third-order valence-electron chi connectivity index (χ3n) is 2.90. The molecule has 0 aliphatic heterocycles. The van der Waals surface area contributed by atoms with E-state index in [1.165, 1.54) is 0 Å². The minimum atomic E-state index is -1.04. The van der Waals surface area contributed by atoms with Gasteiger partial charge in [-0.3, -0.25) is 9.00 Å². The quantitative estimate of drug-likeness (QED) is 0.805. The molecular formula is C16H18N2O2S. The molecular weight excluding hydrogens is 284 g/mol. The highest BCUT2D eigenvalue weighted by Crippen LogP contribution is 2.12. The molecule has 0 radical (unpaired) electrons. The Morgan fingerprint density at radius 3 is 2.57 bits per heavy atom. The van der Waals surface area contributed by atoms with Crippen molar-refractivity contribution in [2.45, 2.75) is 12.2 Å². The normalized spacial score (nSPS) is 11.8. The number of carbonyl (C=O) groups is 1. The average molecular weight is 302 g/mol. The van der Waals surface area contributed by atoms with Gasteiger partial charge in [-0.25, -0.2) is 0 Å². The zero-order chi connectivity index (χ0) is 15.1. The van der Waals surface area contributed by atoms with Crippen LogP contribution in [0.2, 0.25) is 0 Å². The van der Waals surface area contributed by atoms with Crippen LogP contribution in [-0.4, -0.2) is 15.9 Å². The zero-order valence-electron chi connectivity index (χ0n) is 11.6. The summed E-state index contributed by atoms with van der Waals surface area (Å²) in [4.78, 5) is 11.8. The van der Waals surface area contributed by atoms with E-state index >= 15 is 0 Å². The van der Waals surface area contributed by atoms with Gasteiger partial charge in [0.15, 0.2) is 0 Å². The smallest absolute Gasteiger partial charge is 0.225 e. The largest absolute Gasteiger partial charge is 0.399 e. The van der Waals surface area contributed by atoms with Crippen molar-refractivity contribution in [2.75, 3.05) is 16.8 Å². The summed E-state index contributed by atoms with van der Waals surface area (Å²) in [5.41, 5.74) is 7.92. The molecule has 2 aromatic rings. The SMILES string of the molecule is Nc1cccc(NC(=O)CCS(=O)Cc2ccccc2)c1. The van der Waals surface area contributed by atoms with E-state index in [0.717, 1.165) is 5.56 Å². The monoisotopic (exact) mass is 302 g/mol. The Kier molecular flexibility index (Phi) is 5.51. The van der Waals surface area contributed by atoms with Gasteiger partial charge >= 0.3 is 0 Å². The van der Waals surface area contributed by atoms with Crippen LogP contribution in [0.4, 0.5) is 11.4 Å². The van der Waals surface area contributed by atoms with E-state index in [0.29, 0.717) is 22.9 Å². The molecule has 2 aromatic carbocycles. The third-order valence-corrected chi connectivity index (χ3v) is 4.21. The standard InChI is InChI=1S/C16H18N2O2S/c17-14-7-4-8-15(11-14)18-16(19)9-10-21(20)12-13-5-2-1-3-6-13/h1-8,11H,9-10,12,17H2,(H,18,19). The first-order valence-electron chi connectivity index (χ1n) is 6.68. The summed E-state index contributed by atoms with van der Waals surface area (Å²) in [6, 6.07) is 16.6. The number of nitrogen functional groups attached to an aromatic ring is 1. The fraction of sp³-hybridized carbons (Fsp3) is 0.188. The van der Waals surface area contributed by atoms with Crippen molar-refractivity contribution in [3.8, 4) is 0 Å². The first-order valence-corrected chi connectivity index (χ1v) is 8.16. The number of anilines is 2. The first kappa shape index (κ1) is 15.3. The predicted octanol–water partition coefficient (Wildman–Crippen LogP) is 2.55. The second kappa shape index (κ2) is 7.59. The topological polar surface area (TPSA) is 72.2 Å². The molecule has 0 aromatic heterocycles. The van der Waals surface area contributed by atoms with Crippen molar-refractivity contribution in [1.82, 2.24) is 0 Å². The number of nitrogens with two attached hydrogens (primary N) is 1. The van der Waals surface area contributed by atoms with Gasteiger partial charge in [0.2, 0.25) is 5.91 Å². The maximum absolute atomic E-state index is 11.9. The van der Waals surface area contributed by atoms with Crippen LogP contribution in [0.3, 0.4) is 0 Å². The molecule has 0 fully saturated rings. The number of hydrogen-bond donors (Lipinski definition) is 2. The lowest BCUT2D eigenvalue weighted by Crippen LogP contribution is -2.15. The summed E-state index contributed by atoms with van der Waals surface area (Å²) in [6.07, 6.45) is 0.230. The fourth-order valence-corrected chi connectivity index (χ4v) is 3.00. The van der Waals surface area contributed by atoms with Crippen molar-refractivity contribution in [3.05, 3.63) is 60.2 Å². The summed E-state index contributed by atoms with van der Waals surface area (Å²) in [6.45, 7) is 0. The molecule has 0 bridgehead atoms. The van der Waals surface area contributed by atoms with Crippen LogP contribution in [0.15, 0.2) is 54.6 Å². The molecule has 21 heavy (non-hydrogen) atoms. The van der Waals surface area contributed by atoms with Gasteiger partial charge in [-0.1, -0.05) is 36.4 Å². The lowest BCUT2D eigenvalue weighted by Gasteiger charge is -2.06. The molecule has 0 aliphatic carbocycles. The van der Waals surface area contributed by atoms with Gasteiger partial charge in [0.1, 0.15) is 0 Å². The predicted molar refractivity (Wildman–Crippen MR) is 87.3 cm³/mol. The highest BCUT2D eigenvalue weighted by atomic mass is 32.2. The molecule has 1 amide bonds. The summed E-state index contributed by atoms with van der Waals surface area (Å²) in [5, 5.41) is 2.75. The Morgan fingerprint density at radius 2 is 1.86 bits per heavy atom. The van der Waals surface area contributed by atoms with Crippen LogP contribution in [0.1, 0.15) is 12.0 Å². The Labute approximate surface area is 126 Å². The number of benzene rings is 2. The van der Waals surface area contributed by atoms with Crippen molar-refractivity contribution < 1.29 is 9.00 Å². The molecule has 1 unspecified atom stereocenters. The minimum Gasteiger partial charge on any atom is -0.399 e. The van der Waals surface area contributed by atoms with Gasteiger partial charge in [0, 0.05) is 40.1 Å². The maximum Gasteiger partial charge on any atom is 0.225 e. The van der Waals surface area contributed by atoms with Crippen LogP contribution in [-0.2, 0) is 21.3 Å². The Balaban J connectivity index is 1.77. The molecule has 0 spiro atoms. The summed E-state index contributed by atoms with van der Waals surface area (Å²) >= 11 is 0. The van der Waals surface area contributed by atoms with Crippen molar-refractivity contribution in [1.29, 1.82) is 0 Å². The molecule has 3 N–H and O–H groups in total. The molecule has 4 nitrogen and oxygen atoms in total. The number of rotatable bonds is 6. The second-order valence-corrected chi connectivity index (χ2v) is 6.27. The highest BCUT2D eigenvalue weighted by Gasteiger charge is 2.07. The summed E-state index contributed by atoms with van der Waals surface area (Å²) in [5.74, 6) is 0.678. The van der Waals surface area contributed by atoms with Crippen LogP contribution < -0.4 is 11.1 Å². The lowest BCUT2D eigenvalue weighted by molar-refractivity contribution is -0.115. The molecule has 0 heterocycles. The van der Waals surface area contributed by atoms with Crippen molar-refractivity contribution in [3.63, 3.8) is 0 Å². The Morgan fingerprint density at radius 1 is 1.10 bits per heavy atom.